The van der Waals surface area contributed by atoms with Gasteiger partial charge in [-0.1, -0.05) is 29.8 Å². The highest BCUT2D eigenvalue weighted by Crippen LogP contribution is 2.25. The second kappa shape index (κ2) is 5.17. The summed E-state index contributed by atoms with van der Waals surface area (Å²) in [6.45, 7) is 3.05. The van der Waals surface area contributed by atoms with Crippen molar-refractivity contribution in [3.63, 3.8) is 0 Å². The summed E-state index contributed by atoms with van der Waals surface area (Å²) < 4.78 is 2.09. The molecule has 3 heteroatoms. The van der Waals surface area contributed by atoms with E-state index in [0.717, 1.165) is 19.4 Å². The van der Waals surface area contributed by atoms with Crippen LogP contribution in [0.15, 0.2) is 35.9 Å². The van der Waals surface area contributed by atoms with E-state index in [9.17, 15) is 0 Å². The van der Waals surface area contributed by atoms with Gasteiger partial charge in [0, 0.05) is 24.4 Å². The van der Waals surface area contributed by atoms with E-state index in [4.69, 9.17) is 10.8 Å². The van der Waals surface area contributed by atoms with Gasteiger partial charge in [0.15, 0.2) is 0 Å². The van der Waals surface area contributed by atoms with E-state index >= 15 is 0 Å². The van der Waals surface area contributed by atoms with Gasteiger partial charge in [0.25, 0.3) is 0 Å². The van der Waals surface area contributed by atoms with E-state index in [1.165, 1.54) is 35.0 Å². The predicted octanol–water partition coefficient (Wildman–Crippen LogP) is 3.04. The molecule has 1 unspecified atom stereocenters. The fraction of sp³-hybridized carbons (Fsp3) is 0.438. The van der Waals surface area contributed by atoms with Crippen molar-refractivity contribution in [1.82, 2.24) is 9.78 Å². The zero-order valence-corrected chi connectivity index (χ0v) is 11.5. The van der Waals surface area contributed by atoms with E-state index in [1.54, 1.807) is 0 Å². The van der Waals surface area contributed by atoms with E-state index < -0.39 is 0 Å². The quantitative estimate of drug-likeness (QED) is 0.857. The van der Waals surface area contributed by atoms with Gasteiger partial charge in [-0.3, -0.25) is 4.68 Å². The lowest BCUT2D eigenvalue weighted by Crippen LogP contribution is -2.20. The number of nitrogens with zero attached hydrogens (tertiary/aromatic N) is 2. The van der Waals surface area contributed by atoms with E-state index in [-0.39, 0.29) is 6.04 Å². The Balaban J connectivity index is 1.97. The molecule has 1 atom stereocenters. The van der Waals surface area contributed by atoms with Crippen molar-refractivity contribution in [2.75, 3.05) is 0 Å². The topological polar surface area (TPSA) is 43.8 Å². The molecule has 3 nitrogen and oxygen atoms in total. The minimum absolute atomic E-state index is 0.239. The molecule has 19 heavy (non-hydrogen) atoms. The smallest absolute Gasteiger partial charge is 0.0743 e. The van der Waals surface area contributed by atoms with Crippen LogP contribution in [0.3, 0.4) is 0 Å². The molecule has 0 aliphatic heterocycles. The summed E-state index contributed by atoms with van der Waals surface area (Å²) in [5, 5.41) is 6.04. The molecular formula is C16H21N3. The first-order chi connectivity index (χ1) is 9.28. The Morgan fingerprint density at radius 2 is 2.21 bits per heavy atom. The largest absolute Gasteiger partial charge is 0.324 e. The van der Waals surface area contributed by atoms with E-state index in [0.29, 0.717) is 0 Å². The average molecular weight is 255 g/mol. The predicted molar refractivity (Wildman–Crippen MR) is 79.0 cm³/mol. The van der Waals surface area contributed by atoms with Gasteiger partial charge in [-0.25, -0.2) is 0 Å². The Morgan fingerprint density at radius 3 is 3.00 bits per heavy atom. The monoisotopic (exact) mass is 255 g/mol. The summed E-state index contributed by atoms with van der Waals surface area (Å²) in [7, 11) is 0. The third-order valence-corrected chi connectivity index (χ3v) is 3.91. The van der Waals surface area contributed by atoms with Crippen molar-refractivity contribution in [2.45, 2.75) is 45.2 Å². The van der Waals surface area contributed by atoms with Crippen LogP contribution >= 0.6 is 0 Å². The molecule has 1 aliphatic carbocycles. The van der Waals surface area contributed by atoms with Crippen molar-refractivity contribution in [3.8, 4) is 0 Å². The minimum Gasteiger partial charge on any atom is -0.324 e. The first-order valence-corrected chi connectivity index (χ1v) is 7.17. The van der Waals surface area contributed by atoms with Gasteiger partial charge in [-0.15, -0.1) is 0 Å². The SMILES string of the molecule is CCn1nc(CC2=CC(N)CCC2)c2ccccc21. The fourth-order valence-corrected chi connectivity index (χ4v) is 2.96. The van der Waals surface area contributed by atoms with Crippen LogP contribution in [-0.2, 0) is 13.0 Å². The van der Waals surface area contributed by atoms with Crippen LogP contribution < -0.4 is 5.73 Å². The Hall–Kier alpha value is -1.61. The van der Waals surface area contributed by atoms with Crippen LogP contribution in [0.2, 0.25) is 0 Å². The first kappa shape index (κ1) is 12.4. The van der Waals surface area contributed by atoms with Crippen molar-refractivity contribution in [3.05, 3.63) is 41.6 Å². The van der Waals surface area contributed by atoms with E-state index in [1.807, 2.05) is 0 Å². The summed E-state index contributed by atoms with van der Waals surface area (Å²) in [5.41, 5.74) is 9.90. The lowest BCUT2D eigenvalue weighted by atomic mass is 9.93. The van der Waals surface area contributed by atoms with Crippen molar-refractivity contribution >= 4 is 10.9 Å². The summed E-state index contributed by atoms with van der Waals surface area (Å²) in [5.74, 6) is 0. The van der Waals surface area contributed by atoms with E-state index in [2.05, 4.69) is 41.9 Å². The molecular weight excluding hydrogens is 234 g/mol. The molecule has 1 aromatic carbocycles. The lowest BCUT2D eigenvalue weighted by molar-refractivity contribution is 0.612. The number of nitrogens with two attached hydrogens (primary N) is 1. The zero-order valence-electron chi connectivity index (χ0n) is 11.5. The van der Waals surface area contributed by atoms with Crippen LogP contribution in [-0.4, -0.2) is 15.8 Å². The van der Waals surface area contributed by atoms with Gasteiger partial charge in [0.05, 0.1) is 11.2 Å². The van der Waals surface area contributed by atoms with Gasteiger partial charge in [-0.2, -0.15) is 5.10 Å². The van der Waals surface area contributed by atoms with Crippen LogP contribution in [0.4, 0.5) is 0 Å². The summed E-state index contributed by atoms with van der Waals surface area (Å²) >= 11 is 0. The van der Waals surface area contributed by atoms with Crippen LogP contribution in [0.25, 0.3) is 10.9 Å². The number of fused-ring (bicyclic) bond motifs is 1. The molecule has 3 rings (SSSR count). The van der Waals surface area contributed by atoms with Crippen molar-refractivity contribution < 1.29 is 0 Å². The highest BCUT2D eigenvalue weighted by atomic mass is 15.3. The maximum Gasteiger partial charge on any atom is 0.0743 e. The van der Waals surface area contributed by atoms with Gasteiger partial charge >= 0.3 is 0 Å². The Labute approximate surface area is 114 Å². The zero-order chi connectivity index (χ0) is 13.2. The van der Waals surface area contributed by atoms with Gasteiger partial charge in [0.2, 0.25) is 0 Å². The molecule has 0 bridgehead atoms. The molecule has 0 radical (unpaired) electrons. The summed E-state index contributed by atoms with van der Waals surface area (Å²) in [6.07, 6.45) is 6.68. The number of aryl methyl sites for hydroxylation is 1. The number of para-hydroxylation sites is 1. The Kier molecular flexibility index (Phi) is 3.38. The summed E-state index contributed by atoms with van der Waals surface area (Å²) in [4.78, 5) is 0. The highest BCUT2D eigenvalue weighted by Gasteiger charge is 2.14. The van der Waals surface area contributed by atoms with Gasteiger partial charge in [0.1, 0.15) is 0 Å². The normalized spacial score (nSPS) is 19.7. The van der Waals surface area contributed by atoms with Crippen LogP contribution in [0.1, 0.15) is 31.9 Å². The molecule has 2 aromatic rings. The van der Waals surface area contributed by atoms with Gasteiger partial charge in [-0.05, 0) is 32.3 Å². The molecule has 0 saturated carbocycles. The summed E-state index contributed by atoms with van der Waals surface area (Å²) in [6, 6.07) is 8.73. The van der Waals surface area contributed by atoms with Crippen LogP contribution in [0.5, 0.6) is 0 Å². The molecule has 0 amide bonds. The number of aromatic nitrogens is 2. The Bertz CT molecular complexity index is 609. The fourth-order valence-electron chi connectivity index (χ4n) is 2.96. The third kappa shape index (κ3) is 2.43. The van der Waals surface area contributed by atoms with Crippen molar-refractivity contribution in [2.24, 2.45) is 5.73 Å². The highest BCUT2D eigenvalue weighted by molar-refractivity contribution is 5.82. The Morgan fingerprint density at radius 1 is 1.37 bits per heavy atom. The molecule has 1 aliphatic rings. The molecule has 0 fully saturated rings. The molecule has 2 N–H and O–H groups in total. The first-order valence-electron chi connectivity index (χ1n) is 7.17. The second-order valence-electron chi connectivity index (χ2n) is 5.34. The van der Waals surface area contributed by atoms with Crippen molar-refractivity contribution in [1.29, 1.82) is 0 Å². The standard InChI is InChI=1S/C16H21N3/c1-2-19-16-9-4-3-8-14(16)15(18-19)11-12-6-5-7-13(17)10-12/h3-4,8-10,13H,2,5-7,11,17H2,1H3. The van der Waals surface area contributed by atoms with Gasteiger partial charge < -0.3 is 5.73 Å². The molecule has 0 saturated heterocycles. The maximum atomic E-state index is 6.02. The number of hydrogen-bond acceptors (Lipinski definition) is 2. The maximum absolute atomic E-state index is 6.02. The number of benzene rings is 1. The molecule has 0 spiro atoms. The number of hydrogen-bond donors (Lipinski definition) is 1. The molecule has 100 valence electrons. The number of allylic oxidation sites excluding steroid dienone is 1. The van der Waals surface area contributed by atoms with Crippen LogP contribution in [0, 0.1) is 0 Å². The average Bonchev–Trinajstić information content (AvgIpc) is 2.77. The molecule has 1 heterocycles. The second-order valence-corrected chi connectivity index (χ2v) is 5.34. The minimum atomic E-state index is 0.239. The molecule has 1 aromatic heterocycles. The number of rotatable bonds is 3. The third-order valence-electron chi connectivity index (χ3n) is 3.91. The lowest BCUT2D eigenvalue weighted by Gasteiger charge is -2.17.